The van der Waals surface area contributed by atoms with Crippen LogP contribution < -0.4 is 0 Å². The van der Waals surface area contributed by atoms with E-state index in [0.29, 0.717) is 33.0 Å². The molecule has 0 amide bonds. The Morgan fingerprint density at radius 2 is 1.05 bits per heavy atom. The number of carboxylic acid groups (broad SMARTS) is 2. The molecule has 0 saturated heterocycles. The summed E-state index contributed by atoms with van der Waals surface area (Å²) in [4.78, 5) is 19.4. The number of aliphatic hydroxyl groups excluding tert-OH is 4. The quantitative estimate of drug-likeness (QED) is 0.114. The highest BCUT2D eigenvalue weighted by molar-refractivity contribution is 5.79. The predicted molar refractivity (Wildman–Crippen MR) is 139 cm³/mol. The van der Waals surface area contributed by atoms with Crippen molar-refractivity contribution < 1.29 is 63.9 Å². The Morgan fingerprint density at radius 3 is 1.37 bits per heavy atom. The maximum atomic E-state index is 9.72. The minimum absolute atomic E-state index is 0.00299. The van der Waals surface area contributed by atoms with Gasteiger partial charge in [-0.3, -0.25) is 4.79 Å². The van der Waals surface area contributed by atoms with Gasteiger partial charge in [-0.15, -0.1) is 0 Å². The van der Waals surface area contributed by atoms with E-state index in [9.17, 15) is 9.59 Å². The number of hydrogen-bond donors (Lipinski definition) is 6. The predicted octanol–water partition coefficient (Wildman–Crippen LogP) is 0.680. The molecule has 0 rings (SSSR count). The summed E-state index contributed by atoms with van der Waals surface area (Å²) >= 11 is 0. The number of hydrogen-bond acceptors (Lipinski definition) is 11. The van der Waals surface area contributed by atoms with E-state index in [1.807, 2.05) is 20.8 Å². The molecule has 0 aliphatic carbocycles. The first kappa shape index (κ1) is 41.1. The zero-order valence-corrected chi connectivity index (χ0v) is 23.9. The molecular weight excluding hydrogens is 508 g/mol. The normalized spacial score (nSPS) is 16.4. The summed E-state index contributed by atoms with van der Waals surface area (Å²) in [5, 5.41) is 50.8. The minimum atomic E-state index is -1.79. The highest BCUT2D eigenvalue weighted by Gasteiger charge is 2.16. The van der Waals surface area contributed by atoms with Crippen molar-refractivity contribution in [2.24, 2.45) is 0 Å². The zero-order valence-electron chi connectivity index (χ0n) is 23.9. The molecule has 7 atom stereocenters. The Morgan fingerprint density at radius 1 is 0.658 bits per heavy atom. The largest absolute Gasteiger partial charge is 0.481 e. The van der Waals surface area contributed by atoms with Crippen LogP contribution in [0.3, 0.4) is 0 Å². The van der Waals surface area contributed by atoms with Crippen LogP contribution in [0.15, 0.2) is 0 Å². The lowest BCUT2D eigenvalue weighted by Crippen LogP contribution is -2.25. The number of carbonyl (C=O) groups is 2. The van der Waals surface area contributed by atoms with Gasteiger partial charge in [0.1, 0.15) is 0 Å². The fourth-order valence-corrected chi connectivity index (χ4v) is 2.05. The molecule has 0 aromatic heterocycles. The van der Waals surface area contributed by atoms with Gasteiger partial charge in [-0.05, 0) is 48.0 Å². The highest BCUT2D eigenvalue weighted by atomic mass is 16.6. The molecule has 230 valence electrons. The summed E-state index contributed by atoms with van der Waals surface area (Å²) in [7, 11) is 0. The smallest absolute Gasteiger partial charge is 0.333 e. The van der Waals surface area contributed by atoms with Crippen LogP contribution in [-0.4, -0.2) is 132 Å². The van der Waals surface area contributed by atoms with Crippen molar-refractivity contribution in [3.05, 3.63) is 0 Å². The molecule has 7 unspecified atom stereocenters. The standard InChI is InChI=1S/C12H26O4.C9H20O4.C4H6O5/c1-5-6-14-8-11(3)16-9-12(4)15-7-10(2)13;1-7(11)5-12-9(3)6-13-8(2)4-10;5-2(4(8)9)1-3(6)7/h10-13H,5-9H2,1-4H3;7-11H,4-6H2,1-3H3;2,5H,1H2,(H,6,7)(H,8,9). The van der Waals surface area contributed by atoms with Gasteiger partial charge in [0.25, 0.3) is 0 Å². The van der Waals surface area contributed by atoms with Crippen molar-refractivity contribution in [3.63, 3.8) is 0 Å². The van der Waals surface area contributed by atoms with Crippen LogP contribution in [0.2, 0.25) is 0 Å². The van der Waals surface area contributed by atoms with Gasteiger partial charge in [-0.2, -0.15) is 0 Å². The second-order valence-corrected chi connectivity index (χ2v) is 8.98. The molecule has 0 saturated carbocycles. The molecular formula is C25H52O13. The lowest BCUT2D eigenvalue weighted by atomic mass is 10.3. The van der Waals surface area contributed by atoms with Crippen LogP contribution in [0.1, 0.15) is 61.3 Å². The summed E-state index contributed by atoms with van der Waals surface area (Å²) in [5.41, 5.74) is 0. The Labute approximate surface area is 226 Å². The lowest BCUT2D eigenvalue weighted by molar-refractivity contribution is -0.152. The molecule has 0 bridgehead atoms. The summed E-state index contributed by atoms with van der Waals surface area (Å²) in [6, 6.07) is 0. The van der Waals surface area contributed by atoms with Gasteiger partial charge >= 0.3 is 11.9 Å². The molecule has 0 heterocycles. The van der Waals surface area contributed by atoms with Crippen molar-refractivity contribution in [3.8, 4) is 0 Å². The first-order valence-electron chi connectivity index (χ1n) is 12.8. The second-order valence-electron chi connectivity index (χ2n) is 8.98. The first-order valence-corrected chi connectivity index (χ1v) is 12.8. The van der Waals surface area contributed by atoms with Crippen molar-refractivity contribution in [2.45, 2.75) is 104 Å². The van der Waals surface area contributed by atoms with Crippen LogP contribution in [0, 0.1) is 0 Å². The van der Waals surface area contributed by atoms with Crippen LogP contribution in [0.4, 0.5) is 0 Å². The van der Waals surface area contributed by atoms with Crippen molar-refractivity contribution in [1.29, 1.82) is 0 Å². The number of rotatable bonds is 20. The van der Waals surface area contributed by atoms with E-state index in [2.05, 4.69) is 6.92 Å². The van der Waals surface area contributed by atoms with Gasteiger partial charge in [0.2, 0.25) is 0 Å². The van der Waals surface area contributed by atoms with Crippen LogP contribution in [0.5, 0.6) is 0 Å². The Bertz CT molecular complexity index is 545. The van der Waals surface area contributed by atoms with E-state index in [1.165, 1.54) is 0 Å². The van der Waals surface area contributed by atoms with E-state index in [0.717, 1.165) is 13.0 Å². The summed E-state index contributed by atoms with van der Waals surface area (Å²) < 4.78 is 26.8. The van der Waals surface area contributed by atoms with Crippen LogP contribution in [0.25, 0.3) is 0 Å². The average Bonchev–Trinajstić information content (AvgIpc) is 2.83. The Kier molecular flexibility index (Phi) is 29.4. The van der Waals surface area contributed by atoms with Gasteiger partial charge < -0.3 is 54.3 Å². The molecule has 13 nitrogen and oxygen atoms in total. The molecule has 0 spiro atoms. The van der Waals surface area contributed by atoms with Gasteiger partial charge in [-0.1, -0.05) is 6.92 Å². The Hall–Kier alpha value is -1.42. The third kappa shape index (κ3) is 34.6. The molecule has 6 N–H and O–H groups in total. The van der Waals surface area contributed by atoms with E-state index in [1.54, 1.807) is 20.8 Å². The number of aliphatic carboxylic acids is 2. The topological polar surface area (TPSA) is 202 Å². The fraction of sp³-hybridized carbons (Fsp3) is 0.920. The van der Waals surface area contributed by atoms with Crippen molar-refractivity contribution in [2.75, 3.05) is 46.2 Å². The molecule has 0 aliphatic heterocycles. The maximum Gasteiger partial charge on any atom is 0.333 e. The fourth-order valence-electron chi connectivity index (χ4n) is 2.05. The maximum absolute atomic E-state index is 9.72. The number of aliphatic hydroxyl groups is 4. The van der Waals surface area contributed by atoms with E-state index in [-0.39, 0.29) is 31.0 Å². The SMILES string of the molecule is CC(O)COC(C)COC(C)CO.CCCOCC(C)OCC(C)OCC(C)O.O=C(O)CC(O)C(=O)O. The summed E-state index contributed by atoms with van der Waals surface area (Å²) in [6.07, 6.45) is -2.50. The summed E-state index contributed by atoms with van der Waals surface area (Å²) in [6.45, 7) is 16.1. The first-order chi connectivity index (χ1) is 17.7. The average molecular weight is 561 g/mol. The molecule has 0 radical (unpaired) electrons. The molecule has 13 heteroatoms. The molecule has 0 aromatic carbocycles. The van der Waals surface area contributed by atoms with Crippen molar-refractivity contribution in [1.82, 2.24) is 0 Å². The van der Waals surface area contributed by atoms with Gasteiger partial charge in [0, 0.05) is 6.61 Å². The molecule has 0 fully saturated rings. The lowest BCUT2D eigenvalue weighted by Gasteiger charge is -2.18. The van der Waals surface area contributed by atoms with Crippen LogP contribution in [-0.2, 0) is 33.3 Å². The molecule has 0 aliphatic rings. The van der Waals surface area contributed by atoms with E-state index < -0.39 is 36.7 Å². The van der Waals surface area contributed by atoms with Gasteiger partial charge in [-0.25, -0.2) is 4.79 Å². The minimum Gasteiger partial charge on any atom is -0.481 e. The third-order valence-corrected chi connectivity index (χ3v) is 4.09. The zero-order chi connectivity index (χ0) is 30.1. The van der Waals surface area contributed by atoms with E-state index in [4.69, 9.17) is 54.3 Å². The Balaban J connectivity index is -0.000000503. The second kappa shape index (κ2) is 27.2. The van der Waals surface area contributed by atoms with Crippen molar-refractivity contribution >= 4 is 11.9 Å². The van der Waals surface area contributed by atoms with Crippen LogP contribution >= 0.6 is 0 Å². The monoisotopic (exact) mass is 560 g/mol. The summed E-state index contributed by atoms with van der Waals surface area (Å²) in [5.74, 6) is -2.85. The number of ether oxygens (including phenoxy) is 5. The molecule has 0 aromatic rings. The van der Waals surface area contributed by atoms with Gasteiger partial charge in [0.05, 0.1) is 82.7 Å². The third-order valence-electron chi connectivity index (χ3n) is 4.09. The van der Waals surface area contributed by atoms with Gasteiger partial charge in [0.15, 0.2) is 6.10 Å². The van der Waals surface area contributed by atoms with E-state index >= 15 is 0 Å². The number of carboxylic acids is 2. The molecule has 38 heavy (non-hydrogen) atoms. The highest BCUT2D eigenvalue weighted by Crippen LogP contribution is 1.99.